The zero-order valence-electron chi connectivity index (χ0n) is 4.00. The molecule has 0 saturated carbocycles. The summed E-state index contributed by atoms with van der Waals surface area (Å²) >= 11 is -2.07. The third kappa shape index (κ3) is 3.48. The fraction of sp³-hybridized carbons (Fsp3) is 1.00. The topological polar surface area (TPSA) is 46.2 Å². The average molecular weight is 306 g/mol. The minimum atomic E-state index is -2.07. The molecule has 4 heteroatoms. The van der Waals surface area contributed by atoms with E-state index >= 15 is 0 Å². The molecule has 0 rings (SSSR count). The van der Waals surface area contributed by atoms with E-state index in [1.54, 1.807) is 0 Å². The van der Waals surface area contributed by atoms with Gasteiger partial charge in [0.25, 0.3) is 0 Å². The van der Waals surface area contributed by atoms with Gasteiger partial charge in [-0.3, -0.25) is 0 Å². The molecule has 0 aromatic heterocycles. The van der Waals surface area contributed by atoms with Gasteiger partial charge in [-0.1, -0.05) is 0 Å². The molecule has 2 nitrogen and oxygen atoms in total. The maximum atomic E-state index is 8.66. The van der Waals surface area contributed by atoms with Crippen molar-refractivity contribution in [1.29, 1.82) is 0 Å². The molecular weight excluding hydrogens is 297 g/mol. The zero-order valence-corrected chi connectivity index (χ0v) is 7.03. The molecule has 3 N–H and O–H groups in total. The molecule has 0 aromatic carbocycles. The summed E-state index contributed by atoms with van der Waals surface area (Å²) in [7, 11) is 5.36. The molecule has 0 radical (unpaired) electrons. The summed E-state index contributed by atoms with van der Waals surface area (Å²) < 4.78 is 8.82. The predicted octanol–water partition coefficient (Wildman–Crippen LogP) is 0.433. The van der Waals surface area contributed by atoms with Crippen molar-refractivity contribution in [3.63, 3.8) is 0 Å². The van der Waals surface area contributed by atoms with E-state index in [0.717, 1.165) is 0 Å². The molecule has 0 amide bonds. The van der Waals surface area contributed by atoms with Crippen LogP contribution in [-0.2, 0) is 16.6 Å². The Morgan fingerprint density at radius 3 is 2.43 bits per heavy atom. The first-order chi connectivity index (χ1) is 3.18. The summed E-state index contributed by atoms with van der Waals surface area (Å²) in [6.07, 6.45) is 0. The van der Waals surface area contributed by atoms with Gasteiger partial charge in [0.05, 0.1) is 0 Å². The number of hydrogen-bond donors (Lipinski definition) is 2. The van der Waals surface area contributed by atoms with Crippen molar-refractivity contribution in [1.82, 2.24) is 0 Å². The summed E-state index contributed by atoms with van der Waals surface area (Å²) in [5.74, 6) is 0. The summed E-state index contributed by atoms with van der Waals surface area (Å²) in [6, 6.07) is 0. The molecule has 1 unspecified atom stereocenters. The zero-order chi connectivity index (χ0) is 5.86. The van der Waals surface area contributed by atoms with Crippen molar-refractivity contribution < 1.29 is 20.4 Å². The molecule has 0 fully saturated rings. The molecule has 0 bridgehead atoms. The Morgan fingerprint density at radius 1 is 2.00 bits per heavy atom. The third-order valence-electron chi connectivity index (χ3n) is 0.567. The molecule has 7 heavy (non-hydrogen) atoms. The van der Waals surface area contributed by atoms with Crippen LogP contribution in [0.5, 0.6) is 0 Å². The molecule has 0 heterocycles. The van der Waals surface area contributed by atoms with Gasteiger partial charge in [0.1, 0.15) is 0 Å². The summed E-state index contributed by atoms with van der Waals surface area (Å²) in [6.45, 7) is 2.36. The first-order valence-electron chi connectivity index (χ1n) is 1.84. The summed E-state index contributed by atoms with van der Waals surface area (Å²) in [5, 5.41) is 0. The van der Waals surface area contributed by atoms with Gasteiger partial charge in [-0.05, 0) is 0 Å². The van der Waals surface area contributed by atoms with Gasteiger partial charge < -0.3 is 0 Å². The van der Waals surface area contributed by atoms with Crippen LogP contribution in [0.4, 0.5) is 0 Å². The predicted molar refractivity (Wildman–Crippen MR) is 26.6 cm³/mol. The Labute approximate surface area is 53.6 Å². The van der Waals surface area contributed by atoms with E-state index in [2.05, 4.69) is 0 Å². The third-order valence-corrected chi connectivity index (χ3v) is 4.88. The standard InChI is InChI=1S/C3H8N.ClH.H2O.Pt/c1-2-3-4;;;/h2H,3-4H2,1H3;1H;1H2;/q;;;+2/p-2. The average Bonchev–Trinajstić information content (AvgIpc) is 1.65. The summed E-state index contributed by atoms with van der Waals surface area (Å²) in [4.78, 5) is 0. The molecule has 0 aliphatic rings. The SMILES string of the molecule is C[CH](CN)[Pt]([OH])[Cl]. The molecule has 0 aliphatic heterocycles. The van der Waals surface area contributed by atoms with Gasteiger partial charge in [-0.25, -0.2) is 0 Å². The van der Waals surface area contributed by atoms with Gasteiger partial charge >= 0.3 is 53.3 Å². The molecule has 0 saturated heterocycles. The Bertz CT molecular complexity index is 52.2. The second-order valence-electron chi connectivity index (χ2n) is 1.16. The second kappa shape index (κ2) is 3.85. The van der Waals surface area contributed by atoms with Crippen LogP contribution in [-0.4, -0.2) is 10.3 Å². The van der Waals surface area contributed by atoms with E-state index < -0.39 is 16.6 Å². The second-order valence-corrected chi connectivity index (χ2v) is 6.87. The van der Waals surface area contributed by atoms with Crippen molar-refractivity contribution >= 4 is 9.42 Å². The fourth-order valence-corrected chi connectivity index (χ4v) is 0.965. The minimum absolute atomic E-state index is 0.159. The summed E-state index contributed by atoms with van der Waals surface area (Å²) in [5.41, 5.74) is 5.17. The van der Waals surface area contributed by atoms with Crippen LogP contribution in [0.1, 0.15) is 6.92 Å². The van der Waals surface area contributed by atoms with Gasteiger partial charge in [-0.2, -0.15) is 0 Å². The van der Waals surface area contributed by atoms with E-state index in [-0.39, 0.29) is 4.31 Å². The Kier molecular flexibility index (Phi) is 4.34. The van der Waals surface area contributed by atoms with E-state index in [0.29, 0.717) is 6.54 Å². The van der Waals surface area contributed by atoms with Crippen LogP contribution < -0.4 is 5.73 Å². The number of halogens is 1. The normalized spacial score (nSPS) is 16.3. The molecular formula is C3H9ClNOPt. The monoisotopic (exact) mass is 305 g/mol. The van der Waals surface area contributed by atoms with Crippen LogP contribution in [0, 0.1) is 0 Å². The van der Waals surface area contributed by atoms with Crippen molar-refractivity contribution in [2.24, 2.45) is 5.73 Å². The molecule has 0 spiro atoms. The van der Waals surface area contributed by atoms with Crippen molar-refractivity contribution in [3.8, 4) is 0 Å². The number of hydrogen-bond acceptors (Lipinski definition) is 2. The fourth-order valence-electron chi connectivity index (χ4n) is 0.0615. The van der Waals surface area contributed by atoms with Crippen LogP contribution in [0.2, 0.25) is 4.31 Å². The molecule has 0 aromatic rings. The van der Waals surface area contributed by atoms with Crippen molar-refractivity contribution in [3.05, 3.63) is 0 Å². The maximum absolute atomic E-state index is 8.66. The van der Waals surface area contributed by atoms with Crippen molar-refractivity contribution in [2.75, 3.05) is 6.54 Å². The molecule has 0 aliphatic carbocycles. The Hall–Kier alpha value is 0.898. The molecule has 49 valence electrons. The van der Waals surface area contributed by atoms with Crippen LogP contribution in [0.25, 0.3) is 0 Å². The van der Waals surface area contributed by atoms with Crippen LogP contribution >= 0.6 is 9.42 Å². The number of rotatable bonds is 2. The molecule has 1 atom stereocenters. The first-order valence-corrected chi connectivity index (χ1v) is 6.98. The van der Waals surface area contributed by atoms with E-state index in [4.69, 9.17) is 18.9 Å². The van der Waals surface area contributed by atoms with E-state index in [9.17, 15) is 0 Å². The van der Waals surface area contributed by atoms with Gasteiger partial charge in [-0.15, -0.1) is 0 Å². The Morgan fingerprint density at radius 2 is 2.43 bits per heavy atom. The van der Waals surface area contributed by atoms with Crippen molar-refractivity contribution in [2.45, 2.75) is 11.2 Å². The first kappa shape index (κ1) is 7.90. The van der Waals surface area contributed by atoms with Gasteiger partial charge in [0, 0.05) is 0 Å². The quantitative estimate of drug-likeness (QED) is 0.777. The van der Waals surface area contributed by atoms with Crippen LogP contribution in [0.15, 0.2) is 0 Å². The number of nitrogens with two attached hydrogens (primary N) is 1. The van der Waals surface area contributed by atoms with E-state index in [1.165, 1.54) is 0 Å². The van der Waals surface area contributed by atoms with Crippen LogP contribution in [0.3, 0.4) is 0 Å². The van der Waals surface area contributed by atoms with Gasteiger partial charge in [0.2, 0.25) is 0 Å². The van der Waals surface area contributed by atoms with E-state index in [1.807, 2.05) is 6.92 Å². The Balaban J connectivity index is 3.14. The van der Waals surface area contributed by atoms with Gasteiger partial charge in [0.15, 0.2) is 0 Å².